The van der Waals surface area contributed by atoms with Crippen LogP contribution in [0.5, 0.6) is 5.75 Å². The number of para-hydroxylation sites is 1. The molecule has 1 fully saturated rings. The maximum atomic E-state index is 13.6. The Morgan fingerprint density at radius 1 is 1.12 bits per heavy atom. The summed E-state index contributed by atoms with van der Waals surface area (Å²) in [6, 6.07) is 11.4. The molecule has 0 radical (unpaired) electrons. The van der Waals surface area contributed by atoms with Crippen LogP contribution in [0.3, 0.4) is 0 Å². The van der Waals surface area contributed by atoms with Crippen LogP contribution in [0.25, 0.3) is 0 Å². The molecule has 25 heavy (non-hydrogen) atoms. The molecule has 2 aliphatic rings. The van der Waals surface area contributed by atoms with Gasteiger partial charge in [0.05, 0.1) is 0 Å². The lowest BCUT2D eigenvalue weighted by Crippen LogP contribution is -2.50. The van der Waals surface area contributed by atoms with Crippen LogP contribution in [0.4, 0.5) is 4.39 Å². The second kappa shape index (κ2) is 6.35. The smallest absolute Gasteiger partial charge is 0.260 e. The zero-order valence-electron chi connectivity index (χ0n) is 13.7. The number of nitrogens with zero attached hydrogens (tertiary/aromatic N) is 2. The van der Waals surface area contributed by atoms with Crippen molar-refractivity contribution in [2.24, 2.45) is 5.92 Å². The number of benzene rings is 1. The van der Waals surface area contributed by atoms with Crippen molar-refractivity contribution in [3.05, 3.63) is 64.3 Å². The maximum Gasteiger partial charge on any atom is 0.260 e. The lowest BCUT2D eigenvalue weighted by Gasteiger charge is -2.42. The number of ether oxygens (including phenoxy) is 1. The molecule has 0 aliphatic carbocycles. The molecule has 2 bridgehead atoms. The average Bonchev–Trinajstić information content (AvgIpc) is 2.61. The van der Waals surface area contributed by atoms with Crippen molar-refractivity contribution in [3.63, 3.8) is 0 Å². The van der Waals surface area contributed by atoms with Crippen LogP contribution >= 0.6 is 0 Å². The maximum absolute atomic E-state index is 13.6. The Labute approximate surface area is 144 Å². The Bertz CT molecular complexity index is 864. The largest absolute Gasteiger partial charge is 0.481 e. The van der Waals surface area contributed by atoms with Crippen molar-refractivity contribution in [2.75, 3.05) is 19.7 Å². The molecule has 130 valence electrons. The van der Waals surface area contributed by atoms with Gasteiger partial charge in [0.2, 0.25) is 0 Å². The van der Waals surface area contributed by atoms with Gasteiger partial charge in [0.15, 0.2) is 18.2 Å². The van der Waals surface area contributed by atoms with E-state index in [0.29, 0.717) is 19.6 Å². The molecular formula is C19H19FN2O3. The highest BCUT2D eigenvalue weighted by molar-refractivity contribution is 5.78. The number of carbonyl (C=O) groups is 1. The summed E-state index contributed by atoms with van der Waals surface area (Å²) in [6.07, 6.45) is 0.988. The number of fused-ring (bicyclic) bond motifs is 4. The van der Waals surface area contributed by atoms with E-state index in [0.717, 1.165) is 12.1 Å². The first-order valence-corrected chi connectivity index (χ1v) is 8.46. The van der Waals surface area contributed by atoms with E-state index >= 15 is 0 Å². The summed E-state index contributed by atoms with van der Waals surface area (Å²) < 4.78 is 20.8. The highest BCUT2D eigenvalue weighted by Gasteiger charge is 2.36. The first-order valence-electron chi connectivity index (χ1n) is 8.46. The van der Waals surface area contributed by atoms with Gasteiger partial charge in [0.1, 0.15) is 0 Å². The minimum absolute atomic E-state index is 0.0230. The second-order valence-corrected chi connectivity index (χ2v) is 6.72. The molecule has 4 rings (SSSR count). The summed E-state index contributed by atoms with van der Waals surface area (Å²) >= 11 is 0. The van der Waals surface area contributed by atoms with Gasteiger partial charge in [-0.3, -0.25) is 9.59 Å². The van der Waals surface area contributed by atoms with Crippen molar-refractivity contribution in [1.82, 2.24) is 9.47 Å². The van der Waals surface area contributed by atoms with E-state index < -0.39 is 5.82 Å². The number of piperidine rings is 1. The number of halogens is 1. The minimum Gasteiger partial charge on any atom is -0.481 e. The molecular weight excluding hydrogens is 323 g/mol. The normalized spacial score (nSPS) is 21.6. The molecule has 5 nitrogen and oxygen atoms in total. The summed E-state index contributed by atoms with van der Waals surface area (Å²) in [5, 5.41) is 0. The molecule has 0 saturated carbocycles. The topological polar surface area (TPSA) is 51.5 Å². The van der Waals surface area contributed by atoms with Crippen molar-refractivity contribution in [1.29, 1.82) is 0 Å². The Morgan fingerprint density at radius 3 is 2.80 bits per heavy atom. The highest BCUT2D eigenvalue weighted by atomic mass is 19.1. The molecule has 2 aromatic rings. The van der Waals surface area contributed by atoms with Gasteiger partial charge in [-0.15, -0.1) is 0 Å². The van der Waals surface area contributed by atoms with E-state index in [1.54, 1.807) is 29.2 Å². The standard InChI is InChI=1S/C19H19FN2O3/c20-15-4-1-2-6-17(15)25-12-19(24)21-9-13-8-14(11-21)16-5-3-7-18(23)22(16)10-13/h1-7,13-14H,8-12H2. The van der Waals surface area contributed by atoms with Gasteiger partial charge in [-0.25, -0.2) is 4.39 Å². The molecule has 1 amide bonds. The summed E-state index contributed by atoms with van der Waals surface area (Å²) in [4.78, 5) is 26.3. The monoisotopic (exact) mass is 342 g/mol. The Hall–Kier alpha value is -2.63. The Balaban J connectivity index is 1.46. The molecule has 1 saturated heterocycles. The van der Waals surface area contributed by atoms with Crippen molar-refractivity contribution >= 4 is 5.91 Å². The second-order valence-electron chi connectivity index (χ2n) is 6.72. The molecule has 2 unspecified atom stereocenters. The van der Waals surface area contributed by atoms with Crippen molar-refractivity contribution < 1.29 is 13.9 Å². The van der Waals surface area contributed by atoms with Gasteiger partial charge in [-0.2, -0.15) is 0 Å². The molecule has 2 aliphatic heterocycles. The fraction of sp³-hybridized carbons (Fsp3) is 0.368. The minimum atomic E-state index is -0.473. The number of amides is 1. The fourth-order valence-corrected chi connectivity index (χ4v) is 3.89. The van der Waals surface area contributed by atoms with Crippen LogP contribution in [-0.2, 0) is 11.3 Å². The first-order chi connectivity index (χ1) is 12.1. The average molecular weight is 342 g/mol. The SMILES string of the molecule is O=C(COc1ccccc1F)N1CC2CC(C1)c1cccc(=O)n1C2. The predicted molar refractivity (Wildman–Crippen MR) is 90.0 cm³/mol. The van der Waals surface area contributed by atoms with E-state index in [2.05, 4.69) is 0 Å². The van der Waals surface area contributed by atoms with Crippen molar-refractivity contribution in [3.8, 4) is 5.75 Å². The number of pyridine rings is 1. The van der Waals surface area contributed by atoms with E-state index in [9.17, 15) is 14.0 Å². The number of carbonyl (C=O) groups excluding carboxylic acids is 1. The molecule has 1 aromatic carbocycles. The Morgan fingerprint density at radius 2 is 1.96 bits per heavy atom. The molecule has 1 aromatic heterocycles. The molecule has 6 heteroatoms. The van der Waals surface area contributed by atoms with E-state index in [4.69, 9.17) is 4.74 Å². The summed E-state index contributed by atoms with van der Waals surface area (Å²) in [5.41, 5.74) is 1.02. The number of likely N-dealkylation sites (tertiary alicyclic amines) is 1. The predicted octanol–water partition coefficient (Wildman–Crippen LogP) is 2.01. The van der Waals surface area contributed by atoms with Gasteiger partial charge < -0.3 is 14.2 Å². The zero-order valence-corrected chi connectivity index (χ0v) is 13.7. The van der Waals surface area contributed by atoms with Crippen LogP contribution in [0.15, 0.2) is 47.3 Å². The zero-order chi connectivity index (χ0) is 17.4. The third-order valence-corrected chi connectivity index (χ3v) is 5.02. The third kappa shape index (κ3) is 3.04. The van der Waals surface area contributed by atoms with Gasteiger partial charge >= 0.3 is 0 Å². The quantitative estimate of drug-likeness (QED) is 0.857. The number of aromatic nitrogens is 1. The third-order valence-electron chi connectivity index (χ3n) is 5.02. The van der Waals surface area contributed by atoms with Crippen LogP contribution in [0.1, 0.15) is 18.0 Å². The molecule has 0 N–H and O–H groups in total. The van der Waals surface area contributed by atoms with Crippen molar-refractivity contribution in [2.45, 2.75) is 18.9 Å². The van der Waals surface area contributed by atoms with E-state index in [1.807, 2.05) is 10.6 Å². The van der Waals surface area contributed by atoms with Gasteiger partial charge in [0, 0.05) is 37.3 Å². The number of rotatable bonds is 3. The van der Waals surface area contributed by atoms with Gasteiger partial charge in [-0.1, -0.05) is 18.2 Å². The van der Waals surface area contributed by atoms with Crippen LogP contribution in [0, 0.1) is 11.7 Å². The summed E-state index contributed by atoms with van der Waals surface area (Å²) in [6.45, 7) is 1.64. The summed E-state index contributed by atoms with van der Waals surface area (Å²) in [7, 11) is 0. The molecule has 2 atom stereocenters. The van der Waals surface area contributed by atoms with Crippen LogP contribution < -0.4 is 10.3 Å². The molecule has 0 spiro atoms. The lowest BCUT2D eigenvalue weighted by atomic mass is 9.83. The van der Waals surface area contributed by atoms with Gasteiger partial charge in [-0.05, 0) is 30.5 Å². The first kappa shape index (κ1) is 15.9. The number of hydrogen-bond acceptors (Lipinski definition) is 3. The summed E-state index contributed by atoms with van der Waals surface area (Å²) in [5.74, 6) is -0.101. The van der Waals surface area contributed by atoms with E-state index in [-0.39, 0.29) is 35.7 Å². The Kier molecular flexibility index (Phi) is 4.03. The van der Waals surface area contributed by atoms with Crippen LogP contribution in [0.2, 0.25) is 0 Å². The number of hydrogen-bond donors (Lipinski definition) is 0. The van der Waals surface area contributed by atoms with Crippen LogP contribution in [-0.4, -0.2) is 35.1 Å². The lowest BCUT2D eigenvalue weighted by molar-refractivity contribution is -0.136. The van der Waals surface area contributed by atoms with E-state index in [1.165, 1.54) is 12.1 Å². The fourth-order valence-electron chi connectivity index (χ4n) is 3.89. The van der Waals surface area contributed by atoms with Gasteiger partial charge in [0.25, 0.3) is 11.5 Å². The highest BCUT2D eigenvalue weighted by Crippen LogP contribution is 2.34. The molecule has 3 heterocycles.